The summed E-state index contributed by atoms with van der Waals surface area (Å²) in [5.41, 5.74) is 0.347. The number of carboxylic acid groups (broad SMARTS) is 1. The minimum absolute atomic E-state index is 0.0411. The summed E-state index contributed by atoms with van der Waals surface area (Å²) in [5, 5.41) is 23.8. The Balaban J connectivity index is 2.14. The van der Waals surface area contributed by atoms with E-state index in [4.69, 9.17) is 5.11 Å². The van der Waals surface area contributed by atoms with Gasteiger partial charge in [0.2, 0.25) is 0 Å². The Labute approximate surface area is 102 Å². The van der Waals surface area contributed by atoms with Crippen LogP contribution in [0.2, 0.25) is 0 Å². The lowest BCUT2D eigenvalue weighted by Gasteiger charge is -2.22. The zero-order valence-electron chi connectivity index (χ0n) is 9.30. The molecule has 0 radical (unpaired) electrons. The second-order valence-electron chi connectivity index (χ2n) is 3.84. The number of carbonyl (C=O) groups is 1. The quantitative estimate of drug-likeness (QED) is 0.639. The van der Waals surface area contributed by atoms with Crippen LogP contribution in [-0.4, -0.2) is 41.4 Å². The molecule has 0 amide bonds. The summed E-state index contributed by atoms with van der Waals surface area (Å²) in [6, 6.07) is 3.87. The second-order valence-corrected chi connectivity index (χ2v) is 3.84. The Bertz CT molecular complexity index is 492. The van der Waals surface area contributed by atoms with Crippen LogP contribution in [-0.2, 0) is 0 Å². The zero-order valence-corrected chi connectivity index (χ0v) is 9.30. The lowest BCUT2D eigenvalue weighted by Crippen LogP contribution is -2.42. The number of phenolic OH excluding ortho intramolecular Hbond substituents is 1. The van der Waals surface area contributed by atoms with Crippen LogP contribution in [0.1, 0.15) is 10.4 Å². The van der Waals surface area contributed by atoms with E-state index in [1.165, 1.54) is 18.3 Å². The van der Waals surface area contributed by atoms with Gasteiger partial charge in [0, 0.05) is 24.5 Å². The lowest BCUT2D eigenvalue weighted by atomic mass is 10.2. The topological polar surface area (TPSA) is 94.0 Å². The van der Waals surface area contributed by atoms with Gasteiger partial charge >= 0.3 is 5.97 Å². The highest BCUT2D eigenvalue weighted by Gasteiger charge is 2.15. The average molecular weight is 253 g/mol. The number of alkyl halides is 1. The van der Waals surface area contributed by atoms with Gasteiger partial charge in [-0.2, -0.15) is 0 Å². The van der Waals surface area contributed by atoms with E-state index in [2.05, 4.69) is 15.6 Å². The average Bonchev–Trinajstić information content (AvgIpc) is 2.31. The molecule has 7 heteroatoms. The summed E-state index contributed by atoms with van der Waals surface area (Å²) < 4.78 is 12.8. The first kappa shape index (κ1) is 12.3. The van der Waals surface area contributed by atoms with Crippen molar-refractivity contribution in [3.63, 3.8) is 0 Å². The predicted molar refractivity (Wildman–Crippen MR) is 63.9 cm³/mol. The number of nitrogens with zero attached hydrogens (tertiary/aromatic N) is 1. The Hall–Kier alpha value is -2.15. The highest BCUT2D eigenvalue weighted by atomic mass is 19.1. The number of benzene rings is 1. The van der Waals surface area contributed by atoms with Gasteiger partial charge in [0.05, 0.1) is 5.56 Å². The highest BCUT2D eigenvalue weighted by Crippen LogP contribution is 2.20. The third kappa shape index (κ3) is 2.95. The molecular formula is C11H12FN3O3. The lowest BCUT2D eigenvalue weighted by molar-refractivity contribution is 0.0696. The van der Waals surface area contributed by atoms with Gasteiger partial charge < -0.3 is 15.5 Å². The molecule has 0 spiro atoms. The highest BCUT2D eigenvalue weighted by molar-refractivity contribution is 5.89. The standard InChI is InChI=1S/C11H12FN3O3/c12-7-4-13-11(14-5-7)15-8-1-6(10(17)18)2-9(16)3-8/h1-4,7,11,14-16H,5H2,(H,17,18). The number of halogens is 1. The molecule has 0 saturated heterocycles. The van der Waals surface area contributed by atoms with Gasteiger partial charge in [-0.05, 0) is 12.1 Å². The first-order valence-corrected chi connectivity index (χ1v) is 5.29. The van der Waals surface area contributed by atoms with Crippen LogP contribution in [0.5, 0.6) is 5.75 Å². The summed E-state index contributed by atoms with van der Waals surface area (Å²) in [4.78, 5) is 14.7. The maximum Gasteiger partial charge on any atom is 0.335 e. The molecule has 1 aromatic rings. The number of aromatic carboxylic acids is 1. The van der Waals surface area contributed by atoms with Gasteiger partial charge in [-0.1, -0.05) is 0 Å². The Morgan fingerprint density at radius 1 is 1.50 bits per heavy atom. The van der Waals surface area contributed by atoms with E-state index >= 15 is 0 Å². The van der Waals surface area contributed by atoms with Crippen molar-refractivity contribution < 1.29 is 19.4 Å². The first-order chi connectivity index (χ1) is 8.54. The molecule has 0 fully saturated rings. The fourth-order valence-electron chi connectivity index (χ4n) is 1.57. The van der Waals surface area contributed by atoms with Crippen molar-refractivity contribution in [1.29, 1.82) is 0 Å². The van der Waals surface area contributed by atoms with E-state index in [0.29, 0.717) is 5.69 Å². The van der Waals surface area contributed by atoms with Crippen molar-refractivity contribution in [2.45, 2.75) is 12.5 Å². The molecule has 0 aliphatic carbocycles. The number of carboxylic acids is 1. The van der Waals surface area contributed by atoms with E-state index in [1.807, 2.05) is 0 Å². The molecule has 1 heterocycles. The van der Waals surface area contributed by atoms with Gasteiger partial charge in [0.1, 0.15) is 11.9 Å². The fraction of sp³-hybridized carbons (Fsp3) is 0.273. The Kier molecular flexibility index (Phi) is 3.42. The SMILES string of the molecule is O=C(O)c1cc(O)cc(NC2N=CC(F)CN2)c1. The normalized spacial score (nSPS) is 22.7. The third-order valence-electron chi connectivity index (χ3n) is 2.37. The van der Waals surface area contributed by atoms with Crippen molar-refractivity contribution >= 4 is 17.9 Å². The number of phenols is 1. The van der Waals surface area contributed by atoms with Gasteiger partial charge in [-0.25, -0.2) is 9.18 Å². The fourth-order valence-corrected chi connectivity index (χ4v) is 1.57. The van der Waals surface area contributed by atoms with E-state index in [0.717, 1.165) is 6.07 Å². The maximum atomic E-state index is 12.8. The number of rotatable bonds is 3. The van der Waals surface area contributed by atoms with Gasteiger partial charge in [0.25, 0.3) is 0 Å². The summed E-state index contributed by atoms with van der Waals surface area (Å²) >= 11 is 0. The van der Waals surface area contributed by atoms with Gasteiger partial charge in [-0.3, -0.25) is 10.3 Å². The molecule has 4 N–H and O–H groups in total. The van der Waals surface area contributed by atoms with E-state index in [-0.39, 0.29) is 17.9 Å². The summed E-state index contributed by atoms with van der Waals surface area (Å²) in [7, 11) is 0. The molecule has 1 aromatic carbocycles. The summed E-state index contributed by atoms with van der Waals surface area (Å²) in [6.45, 7) is 0.131. The second kappa shape index (κ2) is 5.01. The third-order valence-corrected chi connectivity index (χ3v) is 2.37. The molecule has 18 heavy (non-hydrogen) atoms. The molecule has 96 valence electrons. The van der Waals surface area contributed by atoms with E-state index in [9.17, 15) is 14.3 Å². The van der Waals surface area contributed by atoms with Gasteiger partial charge in [0.15, 0.2) is 6.29 Å². The van der Waals surface area contributed by atoms with Crippen molar-refractivity contribution in [3.05, 3.63) is 23.8 Å². The summed E-state index contributed by atoms with van der Waals surface area (Å²) in [5.74, 6) is -1.31. The maximum absolute atomic E-state index is 12.8. The van der Waals surface area contributed by atoms with Crippen molar-refractivity contribution in [2.24, 2.45) is 4.99 Å². The largest absolute Gasteiger partial charge is 0.508 e. The van der Waals surface area contributed by atoms with E-state index < -0.39 is 18.4 Å². The molecule has 2 atom stereocenters. The monoisotopic (exact) mass is 253 g/mol. The Morgan fingerprint density at radius 3 is 2.89 bits per heavy atom. The van der Waals surface area contributed by atoms with Crippen molar-refractivity contribution in [2.75, 3.05) is 11.9 Å². The van der Waals surface area contributed by atoms with Gasteiger partial charge in [-0.15, -0.1) is 0 Å². The molecule has 1 aliphatic rings. The molecular weight excluding hydrogens is 241 g/mol. The van der Waals surface area contributed by atoms with Crippen LogP contribution in [0.15, 0.2) is 23.2 Å². The number of anilines is 1. The smallest absolute Gasteiger partial charge is 0.335 e. The molecule has 0 bridgehead atoms. The van der Waals surface area contributed by atoms with Crippen molar-refractivity contribution in [3.8, 4) is 5.75 Å². The minimum atomic E-state index is -1.14. The molecule has 2 unspecified atom stereocenters. The number of aromatic hydroxyl groups is 1. The minimum Gasteiger partial charge on any atom is -0.508 e. The zero-order chi connectivity index (χ0) is 13.1. The van der Waals surface area contributed by atoms with Crippen LogP contribution in [0, 0.1) is 0 Å². The van der Waals surface area contributed by atoms with Crippen LogP contribution in [0.25, 0.3) is 0 Å². The van der Waals surface area contributed by atoms with Crippen LogP contribution in [0.3, 0.4) is 0 Å². The number of nitrogens with one attached hydrogen (secondary N) is 2. The van der Waals surface area contributed by atoms with Crippen LogP contribution >= 0.6 is 0 Å². The number of hydrogen-bond acceptors (Lipinski definition) is 5. The Morgan fingerprint density at radius 2 is 2.28 bits per heavy atom. The van der Waals surface area contributed by atoms with Crippen molar-refractivity contribution in [1.82, 2.24) is 5.32 Å². The molecule has 2 rings (SSSR count). The number of aliphatic imine (C=N–C) groups is 1. The predicted octanol–water partition coefficient (Wildman–Crippen LogP) is 0.798. The molecule has 6 nitrogen and oxygen atoms in total. The first-order valence-electron chi connectivity index (χ1n) is 5.29. The van der Waals surface area contributed by atoms with Crippen LogP contribution in [0.4, 0.5) is 10.1 Å². The molecule has 0 aromatic heterocycles. The molecule has 1 aliphatic heterocycles. The molecule has 0 saturated carbocycles. The van der Waals surface area contributed by atoms with Crippen LogP contribution < -0.4 is 10.6 Å². The summed E-state index contributed by atoms with van der Waals surface area (Å²) in [6.07, 6.45) is -0.489. The van der Waals surface area contributed by atoms with E-state index in [1.54, 1.807) is 0 Å². The number of hydrogen-bond donors (Lipinski definition) is 4.